The van der Waals surface area contributed by atoms with Crippen LogP contribution in [0.3, 0.4) is 0 Å². The van der Waals surface area contributed by atoms with Crippen molar-refractivity contribution < 1.29 is 23.1 Å². The van der Waals surface area contributed by atoms with Crippen LogP contribution in [0.1, 0.15) is 26.2 Å². The van der Waals surface area contributed by atoms with Crippen LogP contribution in [0.2, 0.25) is 0 Å². The second-order valence-electron chi connectivity index (χ2n) is 5.35. The Morgan fingerprint density at radius 1 is 1.37 bits per heavy atom. The molecule has 2 aliphatic heterocycles. The number of amides is 1. The van der Waals surface area contributed by atoms with Gasteiger partial charge in [-0.3, -0.25) is 4.79 Å². The van der Waals surface area contributed by atoms with Gasteiger partial charge in [-0.15, -0.1) is 0 Å². The number of hydrogen-bond acceptors (Lipinski definition) is 5. The third-order valence-electron chi connectivity index (χ3n) is 3.70. The molecule has 0 spiro atoms. The molecule has 0 radical (unpaired) electrons. The lowest BCUT2D eigenvalue weighted by Gasteiger charge is -2.38. The Balaban J connectivity index is 2.10. The Kier molecular flexibility index (Phi) is 4.47. The van der Waals surface area contributed by atoms with Gasteiger partial charge in [-0.05, 0) is 19.8 Å². The Bertz CT molecular complexity index is 435. The first-order valence-corrected chi connectivity index (χ1v) is 8.42. The topological polar surface area (TPSA) is 83.9 Å². The highest BCUT2D eigenvalue weighted by Gasteiger charge is 2.39. The average molecular weight is 291 g/mol. The molecule has 3 atom stereocenters. The van der Waals surface area contributed by atoms with Crippen molar-refractivity contribution in [1.82, 2.24) is 4.90 Å². The van der Waals surface area contributed by atoms with E-state index in [-0.39, 0.29) is 30.9 Å². The lowest BCUT2D eigenvalue weighted by atomic mass is 10.1. The fourth-order valence-electron chi connectivity index (χ4n) is 2.76. The van der Waals surface area contributed by atoms with Crippen LogP contribution in [0.4, 0.5) is 0 Å². The van der Waals surface area contributed by atoms with Crippen LogP contribution in [-0.2, 0) is 19.4 Å². The van der Waals surface area contributed by atoms with Crippen molar-refractivity contribution in [3.8, 4) is 0 Å². The van der Waals surface area contributed by atoms with Gasteiger partial charge >= 0.3 is 0 Å². The van der Waals surface area contributed by atoms with Crippen LogP contribution in [0, 0.1) is 0 Å². The summed E-state index contributed by atoms with van der Waals surface area (Å²) in [5, 5.41) is 8.24. The maximum atomic E-state index is 12.4. The van der Waals surface area contributed by atoms with Crippen molar-refractivity contribution in [3.63, 3.8) is 0 Å². The van der Waals surface area contributed by atoms with E-state index in [2.05, 4.69) is 0 Å². The summed E-state index contributed by atoms with van der Waals surface area (Å²) in [4.78, 5) is 13.9. The highest BCUT2D eigenvalue weighted by molar-refractivity contribution is 7.92. The lowest BCUT2D eigenvalue weighted by molar-refractivity contribution is -0.146. The van der Waals surface area contributed by atoms with Crippen molar-refractivity contribution in [2.24, 2.45) is 0 Å². The molecule has 2 saturated heterocycles. The number of aliphatic hydroxyl groups is 1. The number of morpholine rings is 1. The largest absolute Gasteiger partial charge is 0.394 e. The fraction of sp³-hybridized carbons (Fsp3) is 0.917. The molecule has 3 unspecified atom stereocenters. The van der Waals surface area contributed by atoms with Crippen LogP contribution in [0.5, 0.6) is 0 Å². The number of carbonyl (C=O) groups excluding carboxylic acids is 1. The second-order valence-corrected chi connectivity index (χ2v) is 7.65. The van der Waals surface area contributed by atoms with Crippen molar-refractivity contribution in [2.45, 2.75) is 43.6 Å². The molecule has 2 rings (SSSR count). The van der Waals surface area contributed by atoms with Crippen LogP contribution in [-0.4, -0.2) is 67.2 Å². The summed E-state index contributed by atoms with van der Waals surface area (Å²) < 4.78 is 29.4. The number of sulfone groups is 1. The predicted molar refractivity (Wildman–Crippen MR) is 69.4 cm³/mol. The van der Waals surface area contributed by atoms with Crippen LogP contribution in [0.15, 0.2) is 0 Å². The third kappa shape index (κ3) is 3.27. The minimum absolute atomic E-state index is 0.104. The smallest absolute Gasteiger partial charge is 0.241 e. The summed E-state index contributed by atoms with van der Waals surface area (Å²) in [6, 6.07) is 0. The summed E-state index contributed by atoms with van der Waals surface area (Å²) in [5.41, 5.74) is 0. The predicted octanol–water partition coefficient (Wildman–Crippen LogP) is -0.438. The first kappa shape index (κ1) is 14.7. The van der Waals surface area contributed by atoms with Crippen LogP contribution in [0.25, 0.3) is 0 Å². The van der Waals surface area contributed by atoms with Crippen LogP contribution >= 0.6 is 0 Å². The van der Waals surface area contributed by atoms with E-state index in [0.717, 1.165) is 6.42 Å². The summed E-state index contributed by atoms with van der Waals surface area (Å²) in [7, 11) is -3.31. The molecule has 6 nitrogen and oxygen atoms in total. The Labute approximate surface area is 113 Å². The zero-order valence-corrected chi connectivity index (χ0v) is 11.9. The molecule has 0 bridgehead atoms. The van der Waals surface area contributed by atoms with Crippen molar-refractivity contribution >= 4 is 15.7 Å². The normalized spacial score (nSPS) is 35.1. The molecule has 110 valence electrons. The van der Waals surface area contributed by atoms with E-state index in [0.29, 0.717) is 19.4 Å². The third-order valence-corrected chi connectivity index (χ3v) is 5.86. The van der Waals surface area contributed by atoms with Gasteiger partial charge < -0.3 is 14.7 Å². The first-order chi connectivity index (χ1) is 8.94. The molecule has 1 amide bonds. The van der Waals surface area contributed by atoms with Gasteiger partial charge in [0.1, 0.15) is 5.25 Å². The van der Waals surface area contributed by atoms with Crippen molar-refractivity contribution in [2.75, 3.05) is 25.4 Å². The zero-order chi connectivity index (χ0) is 14.0. The van der Waals surface area contributed by atoms with E-state index < -0.39 is 21.2 Å². The number of nitrogens with zero attached hydrogens (tertiary/aromatic N) is 1. The van der Waals surface area contributed by atoms with Gasteiger partial charge in [-0.2, -0.15) is 0 Å². The first-order valence-electron chi connectivity index (χ1n) is 6.70. The van der Waals surface area contributed by atoms with E-state index in [1.807, 2.05) is 6.92 Å². The molecule has 2 aliphatic rings. The van der Waals surface area contributed by atoms with E-state index >= 15 is 0 Å². The second kappa shape index (κ2) is 5.76. The average Bonchev–Trinajstić information content (AvgIpc) is 2.36. The summed E-state index contributed by atoms with van der Waals surface area (Å²) in [6.07, 6.45) is 1.24. The molecule has 7 heteroatoms. The Morgan fingerprint density at radius 2 is 2.11 bits per heavy atom. The molecule has 2 fully saturated rings. The molecule has 1 N–H and O–H groups in total. The van der Waals surface area contributed by atoms with Crippen molar-refractivity contribution in [1.29, 1.82) is 0 Å². The number of carbonyl (C=O) groups is 1. The lowest BCUT2D eigenvalue weighted by Crippen LogP contribution is -2.54. The molecule has 0 aromatic carbocycles. The van der Waals surface area contributed by atoms with Gasteiger partial charge in [-0.1, -0.05) is 6.42 Å². The quantitative estimate of drug-likeness (QED) is 0.746. The molecule has 19 heavy (non-hydrogen) atoms. The number of hydrogen-bond donors (Lipinski definition) is 1. The molecule has 0 saturated carbocycles. The van der Waals surface area contributed by atoms with Crippen LogP contribution < -0.4 is 0 Å². The summed E-state index contributed by atoms with van der Waals surface area (Å²) >= 11 is 0. The van der Waals surface area contributed by atoms with Gasteiger partial charge in [0.15, 0.2) is 9.84 Å². The maximum Gasteiger partial charge on any atom is 0.241 e. The van der Waals surface area contributed by atoms with Gasteiger partial charge in [-0.25, -0.2) is 8.42 Å². The Hall–Kier alpha value is -0.660. The minimum atomic E-state index is -3.31. The van der Waals surface area contributed by atoms with Gasteiger partial charge in [0.2, 0.25) is 5.91 Å². The van der Waals surface area contributed by atoms with E-state index in [1.54, 1.807) is 0 Å². The minimum Gasteiger partial charge on any atom is -0.394 e. The van der Waals surface area contributed by atoms with Gasteiger partial charge in [0.05, 0.1) is 24.6 Å². The fourth-order valence-corrected chi connectivity index (χ4v) is 4.63. The summed E-state index contributed by atoms with van der Waals surface area (Å²) in [5.74, 6) is -0.222. The standard InChI is InChI=1S/C12H21NO5S/c1-9-6-13(7-10(8-14)18-9)12(15)11-4-2-3-5-19(11,16)17/h9-11,14H,2-8H2,1H3. The number of rotatable bonds is 2. The molecule has 2 heterocycles. The highest BCUT2D eigenvalue weighted by atomic mass is 32.2. The van der Waals surface area contributed by atoms with Gasteiger partial charge in [0, 0.05) is 13.1 Å². The molecular weight excluding hydrogens is 270 g/mol. The number of aliphatic hydroxyl groups excluding tert-OH is 1. The molecule has 0 aliphatic carbocycles. The van der Waals surface area contributed by atoms with E-state index in [4.69, 9.17) is 9.84 Å². The SMILES string of the molecule is CC1CN(C(=O)C2CCCCS2(=O)=O)CC(CO)O1. The maximum absolute atomic E-state index is 12.4. The number of ether oxygens (including phenoxy) is 1. The van der Waals surface area contributed by atoms with Gasteiger partial charge in [0.25, 0.3) is 0 Å². The molecule has 0 aromatic rings. The monoisotopic (exact) mass is 291 g/mol. The van der Waals surface area contributed by atoms with Crippen molar-refractivity contribution in [3.05, 3.63) is 0 Å². The Morgan fingerprint density at radius 3 is 2.74 bits per heavy atom. The van der Waals surface area contributed by atoms with E-state index in [9.17, 15) is 13.2 Å². The molecule has 0 aromatic heterocycles. The molecular formula is C12H21NO5S. The van der Waals surface area contributed by atoms with E-state index in [1.165, 1.54) is 4.90 Å². The zero-order valence-electron chi connectivity index (χ0n) is 11.1. The highest BCUT2D eigenvalue weighted by Crippen LogP contribution is 2.23. The summed E-state index contributed by atoms with van der Waals surface area (Å²) in [6.45, 7) is 2.32.